The van der Waals surface area contributed by atoms with Gasteiger partial charge in [-0.2, -0.15) is 0 Å². The van der Waals surface area contributed by atoms with E-state index in [-0.39, 0.29) is 5.97 Å². The first-order valence-electron chi connectivity index (χ1n) is 6.21. The summed E-state index contributed by atoms with van der Waals surface area (Å²) in [6.07, 6.45) is 3.33. The molecule has 0 aromatic heterocycles. The summed E-state index contributed by atoms with van der Waals surface area (Å²) in [5, 5.41) is 1.78. The molecule has 0 radical (unpaired) electrons. The predicted octanol–water partition coefficient (Wildman–Crippen LogP) is 2.42. The minimum atomic E-state index is -0.216. The lowest BCUT2D eigenvalue weighted by molar-refractivity contribution is -0.193. The summed E-state index contributed by atoms with van der Waals surface area (Å²) < 4.78 is 0. The van der Waals surface area contributed by atoms with Crippen molar-refractivity contribution in [1.82, 2.24) is 5.06 Å². The molecule has 92 valence electrons. The van der Waals surface area contributed by atoms with Crippen LogP contribution in [0.4, 0.5) is 0 Å². The Morgan fingerprint density at radius 3 is 2.53 bits per heavy atom. The average molecular weight is 233 g/mol. The molecule has 1 aromatic rings. The summed E-state index contributed by atoms with van der Waals surface area (Å²) in [6.45, 7) is 3.17. The van der Waals surface area contributed by atoms with Crippen LogP contribution in [-0.2, 0) is 16.1 Å². The fourth-order valence-electron chi connectivity index (χ4n) is 2.33. The summed E-state index contributed by atoms with van der Waals surface area (Å²) in [5.41, 5.74) is 1.40. The molecule has 0 aliphatic carbocycles. The summed E-state index contributed by atoms with van der Waals surface area (Å²) in [4.78, 5) is 15.9. The summed E-state index contributed by atoms with van der Waals surface area (Å²) >= 11 is 0. The van der Waals surface area contributed by atoms with Gasteiger partial charge in [0, 0.05) is 20.0 Å². The number of benzene rings is 1. The van der Waals surface area contributed by atoms with Gasteiger partial charge in [-0.15, -0.1) is 5.06 Å². The Labute approximate surface area is 102 Å². The number of hydroxylamine groups is 2. The highest BCUT2D eigenvalue weighted by Gasteiger charge is 2.21. The second-order valence-electron chi connectivity index (χ2n) is 4.64. The molecule has 3 heteroatoms. The molecule has 0 amide bonds. The van der Waals surface area contributed by atoms with E-state index in [9.17, 15) is 4.79 Å². The van der Waals surface area contributed by atoms with Crippen LogP contribution in [0, 0.1) is 5.92 Å². The van der Waals surface area contributed by atoms with Gasteiger partial charge in [0.15, 0.2) is 0 Å². The van der Waals surface area contributed by atoms with E-state index in [1.54, 1.807) is 5.06 Å². The zero-order chi connectivity index (χ0) is 12.1. The Balaban J connectivity index is 1.78. The van der Waals surface area contributed by atoms with E-state index >= 15 is 0 Å². The third-order valence-corrected chi connectivity index (χ3v) is 3.20. The number of carbonyl (C=O) groups excluding carboxylic acids is 1. The third-order valence-electron chi connectivity index (χ3n) is 3.20. The van der Waals surface area contributed by atoms with Gasteiger partial charge in [-0.1, -0.05) is 30.3 Å². The molecule has 0 atom stereocenters. The SMILES string of the molecule is CC(=O)ON1CCC(Cc2ccccc2)CC1. The Hall–Kier alpha value is -1.35. The molecule has 0 spiro atoms. The summed E-state index contributed by atoms with van der Waals surface area (Å²) in [7, 11) is 0. The molecule has 0 N–H and O–H groups in total. The van der Waals surface area contributed by atoms with Gasteiger partial charge in [-0.3, -0.25) is 4.79 Å². The minimum absolute atomic E-state index is 0.216. The maximum absolute atomic E-state index is 10.8. The smallest absolute Gasteiger partial charge is 0.322 e. The van der Waals surface area contributed by atoms with Crippen LogP contribution in [0.1, 0.15) is 25.3 Å². The first-order valence-corrected chi connectivity index (χ1v) is 6.21. The Morgan fingerprint density at radius 2 is 1.94 bits per heavy atom. The highest BCUT2D eigenvalue weighted by atomic mass is 16.7. The quantitative estimate of drug-likeness (QED) is 0.803. The Kier molecular flexibility index (Phi) is 4.15. The molecule has 1 aliphatic rings. The fourth-order valence-corrected chi connectivity index (χ4v) is 2.33. The van der Waals surface area contributed by atoms with Crippen molar-refractivity contribution in [1.29, 1.82) is 0 Å². The summed E-state index contributed by atoms with van der Waals surface area (Å²) in [6, 6.07) is 10.6. The standard InChI is InChI=1S/C14H19NO2/c1-12(16)17-15-9-7-14(8-10-15)11-13-5-3-2-4-6-13/h2-6,14H,7-11H2,1H3. The minimum Gasteiger partial charge on any atom is -0.368 e. The first kappa shape index (κ1) is 12.1. The van der Waals surface area contributed by atoms with E-state index in [4.69, 9.17) is 4.84 Å². The molecule has 3 nitrogen and oxygen atoms in total. The highest BCUT2D eigenvalue weighted by molar-refractivity contribution is 5.65. The number of carbonyl (C=O) groups is 1. The van der Waals surface area contributed by atoms with Crippen molar-refractivity contribution < 1.29 is 9.63 Å². The van der Waals surface area contributed by atoms with Gasteiger partial charge in [0.1, 0.15) is 0 Å². The van der Waals surface area contributed by atoms with Gasteiger partial charge in [-0.25, -0.2) is 0 Å². The lowest BCUT2D eigenvalue weighted by atomic mass is 9.91. The van der Waals surface area contributed by atoms with Crippen LogP contribution in [0.25, 0.3) is 0 Å². The van der Waals surface area contributed by atoms with Gasteiger partial charge >= 0.3 is 5.97 Å². The zero-order valence-electron chi connectivity index (χ0n) is 10.3. The Morgan fingerprint density at radius 1 is 1.29 bits per heavy atom. The molecular weight excluding hydrogens is 214 g/mol. The topological polar surface area (TPSA) is 29.5 Å². The van der Waals surface area contributed by atoms with E-state index in [1.165, 1.54) is 12.5 Å². The maximum Gasteiger partial charge on any atom is 0.322 e. The van der Waals surface area contributed by atoms with Crippen LogP contribution in [0.2, 0.25) is 0 Å². The van der Waals surface area contributed by atoms with Gasteiger partial charge in [0.25, 0.3) is 0 Å². The van der Waals surface area contributed by atoms with Gasteiger partial charge in [-0.05, 0) is 30.7 Å². The van der Waals surface area contributed by atoms with Crippen LogP contribution < -0.4 is 0 Å². The predicted molar refractivity (Wildman–Crippen MR) is 66.2 cm³/mol. The van der Waals surface area contributed by atoms with Crippen LogP contribution in [0.3, 0.4) is 0 Å². The highest BCUT2D eigenvalue weighted by Crippen LogP contribution is 2.21. The molecule has 0 saturated carbocycles. The van der Waals surface area contributed by atoms with Crippen LogP contribution in [0.15, 0.2) is 30.3 Å². The van der Waals surface area contributed by atoms with Crippen LogP contribution in [-0.4, -0.2) is 24.1 Å². The Bertz CT molecular complexity index is 356. The molecular formula is C14H19NO2. The zero-order valence-corrected chi connectivity index (χ0v) is 10.3. The molecule has 17 heavy (non-hydrogen) atoms. The lowest BCUT2D eigenvalue weighted by Crippen LogP contribution is -2.35. The molecule has 1 fully saturated rings. The van der Waals surface area contributed by atoms with Crippen LogP contribution in [0.5, 0.6) is 0 Å². The van der Waals surface area contributed by atoms with Crippen molar-refractivity contribution in [2.45, 2.75) is 26.2 Å². The second kappa shape index (κ2) is 5.82. The first-order chi connectivity index (χ1) is 8.24. The van der Waals surface area contributed by atoms with Gasteiger partial charge < -0.3 is 4.84 Å². The number of nitrogens with zero attached hydrogens (tertiary/aromatic N) is 1. The number of rotatable bonds is 3. The van der Waals surface area contributed by atoms with Crippen molar-refractivity contribution in [2.24, 2.45) is 5.92 Å². The fraction of sp³-hybridized carbons (Fsp3) is 0.500. The van der Waals surface area contributed by atoms with Crippen molar-refractivity contribution in [3.8, 4) is 0 Å². The summed E-state index contributed by atoms with van der Waals surface area (Å²) in [5.74, 6) is 0.496. The van der Waals surface area contributed by atoms with Crippen molar-refractivity contribution in [3.63, 3.8) is 0 Å². The van der Waals surface area contributed by atoms with E-state index < -0.39 is 0 Å². The van der Waals surface area contributed by atoms with E-state index in [2.05, 4.69) is 24.3 Å². The number of piperidine rings is 1. The van der Waals surface area contributed by atoms with Gasteiger partial charge in [0.2, 0.25) is 0 Å². The maximum atomic E-state index is 10.8. The van der Waals surface area contributed by atoms with Crippen molar-refractivity contribution in [2.75, 3.05) is 13.1 Å². The molecule has 1 saturated heterocycles. The molecule has 1 aromatic carbocycles. The normalized spacial score (nSPS) is 17.9. The number of hydrogen-bond donors (Lipinski definition) is 0. The van der Waals surface area contributed by atoms with Crippen molar-refractivity contribution >= 4 is 5.97 Å². The molecule has 2 rings (SSSR count). The monoisotopic (exact) mass is 233 g/mol. The van der Waals surface area contributed by atoms with E-state index in [0.717, 1.165) is 32.4 Å². The van der Waals surface area contributed by atoms with Gasteiger partial charge in [0.05, 0.1) is 0 Å². The van der Waals surface area contributed by atoms with E-state index in [1.807, 2.05) is 6.07 Å². The molecule has 0 bridgehead atoms. The lowest BCUT2D eigenvalue weighted by Gasteiger charge is -2.30. The third kappa shape index (κ3) is 3.86. The molecule has 1 aliphatic heterocycles. The van der Waals surface area contributed by atoms with Crippen LogP contribution >= 0.6 is 0 Å². The molecule has 1 heterocycles. The van der Waals surface area contributed by atoms with Crippen molar-refractivity contribution in [3.05, 3.63) is 35.9 Å². The molecule has 0 unspecified atom stereocenters. The average Bonchev–Trinajstić information content (AvgIpc) is 2.32. The second-order valence-corrected chi connectivity index (χ2v) is 4.64. The largest absolute Gasteiger partial charge is 0.368 e. The van der Waals surface area contributed by atoms with E-state index in [0.29, 0.717) is 5.92 Å². The number of hydrogen-bond acceptors (Lipinski definition) is 3.